The molecule has 0 spiro atoms. The fourth-order valence-corrected chi connectivity index (χ4v) is 3.35. The zero-order valence-electron chi connectivity index (χ0n) is 12.7. The Hall–Kier alpha value is -1.49. The number of hydrogen-bond donors (Lipinski definition) is 1. The van der Waals surface area contributed by atoms with Gasteiger partial charge in [-0.3, -0.25) is 9.79 Å². The molecule has 1 aliphatic heterocycles. The summed E-state index contributed by atoms with van der Waals surface area (Å²) in [4.78, 5) is 18.3. The molecule has 1 heterocycles. The second-order valence-electron chi connectivity index (χ2n) is 4.92. The lowest BCUT2D eigenvalue weighted by Gasteiger charge is -2.17. The number of nitrogens with zero attached hydrogens (tertiary/aromatic N) is 2. The predicted molar refractivity (Wildman–Crippen MR) is 89.6 cm³/mol. The first-order chi connectivity index (χ1) is 10.2. The molecule has 1 aliphatic rings. The Morgan fingerprint density at radius 3 is 2.71 bits per heavy atom. The van der Waals surface area contributed by atoms with Gasteiger partial charge in [0.1, 0.15) is 0 Å². The zero-order valence-corrected chi connectivity index (χ0v) is 13.5. The second-order valence-corrected chi connectivity index (χ2v) is 5.93. The molecule has 0 bridgehead atoms. The summed E-state index contributed by atoms with van der Waals surface area (Å²) in [5, 5.41) is 4.38. The van der Waals surface area contributed by atoms with Gasteiger partial charge in [0, 0.05) is 25.3 Å². The molecule has 114 valence electrons. The first-order valence-electron chi connectivity index (χ1n) is 7.51. The van der Waals surface area contributed by atoms with Crippen molar-refractivity contribution in [1.82, 2.24) is 10.2 Å². The van der Waals surface area contributed by atoms with Gasteiger partial charge < -0.3 is 10.2 Å². The van der Waals surface area contributed by atoms with E-state index in [4.69, 9.17) is 0 Å². The minimum atomic E-state index is 0.187. The molecule has 1 saturated heterocycles. The van der Waals surface area contributed by atoms with Gasteiger partial charge in [-0.05, 0) is 19.4 Å². The number of nitrogens with one attached hydrogen (secondary N) is 1. The molecule has 1 N–H and O–H groups in total. The average Bonchev–Trinajstić information content (AvgIpc) is 2.98. The zero-order chi connectivity index (χ0) is 15.1. The highest BCUT2D eigenvalue weighted by Gasteiger charge is 2.21. The minimum Gasteiger partial charge on any atom is -0.357 e. The number of amides is 1. The third kappa shape index (κ3) is 4.49. The summed E-state index contributed by atoms with van der Waals surface area (Å²) >= 11 is 1.73. The van der Waals surface area contributed by atoms with Gasteiger partial charge in [0.25, 0.3) is 0 Å². The monoisotopic (exact) mass is 305 g/mol. The molecule has 1 aromatic carbocycles. The van der Waals surface area contributed by atoms with E-state index in [1.54, 1.807) is 11.8 Å². The second kappa shape index (κ2) is 8.08. The van der Waals surface area contributed by atoms with Gasteiger partial charge in [-0.1, -0.05) is 42.1 Å². The van der Waals surface area contributed by atoms with Crippen molar-refractivity contribution in [2.24, 2.45) is 4.99 Å². The van der Waals surface area contributed by atoms with Crippen LogP contribution in [0.1, 0.15) is 31.9 Å². The lowest BCUT2D eigenvalue weighted by molar-refractivity contribution is -0.130. The van der Waals surface area contributed by atoms with Crippen LogP contribution in [0.2, 0.25) is 0 Å². The lowest BCUT2D eigenvalue weighted by Crippen LogP contribution is -2.30. The van der Waals surface area contributed by atoms with Crippen molar-refractivity contribution >= 4 is 22.8 Å². The van der Waals surface area contributed by atoms with Gasteiger partial charge in [-0.25, -0.2) is 0 Å². The van der Waals surface area contributed by atoms with Crippen molar-refractivity contribution < 1.29 is 4.79 Å². The number of amidine groups is 1. The van der Waals surface area contributed by atoms with Crippen molar-refractivity contribution in [2.45, 2.75) is 26.3 Å². The van der Waals surface area contributed by atoms with Gasteiger partial charge >= 0.3 is 0 Å². The van der Waals surface area contributed by atoms with Crippen molar-refractivity contribution in [1.29, 1.82) is 0 Å². The van der Waals surface area contributed by atoms with Crippen LogP contribution in [0.15, 0.2) is 35.3 Å². The molecule has 1 amide bonds. The van der Waals surface area contributed by atoms with Crippen LogP contribution >= 0.6 is 11.8 Å². The van der Waals surface area contributed by atoms with E-state index in [1.165, 1.54) is 5.56 Å². The van der Waals surface area contributed by atoms with Gasteiger partial charge in [-0.2, -0.15) is 0 Å². The molecule has 0 aromatic heterocycles. The van der Waals surface area contributed by atoms with Crippen LogP contribution in [0.3, 0.4) is 0 Å². The standard InChI is InChI=1S/C16H23N3OS/c1-3-19(4-2)15(20)10-11-17-16-18-14(12-21-16)13-8-6-5-7-9-13/h5-9,14H,3-4,10-12H2,1-2H3,(H,17,18). The molecule has 4 nitrogen and oxygen atoms in total. The smallest absolute Gasteiger partial charge is 0.224 e. The molecule has 0 radical (unpaired) electrons. The third-order valence-corrected chi connectivity index (χ3v) is 4.60. The molecular weight excluding hydrogens is 282 g/mol. The van der Waals surface area contributed by atoms with Crippen molar-refractivity contribution in [2.75, 3.05) is 25.4 Å². The molecule has 5 heteroatoms. The fraction of sp³-hybridized carbons (Fsp3) is 0.500. The van der Waals surface area contributed by atoms with E-state index < -0.39 is 0 Å². The van der Waals surface area contributed by atoms with E-state index in [0.29, 0.717) is 19.0 Å². The summed E-state index contributed by atoms with van der Waals surface area (Å²) in [6, 6.07) is 10.7. The van der Waals surface area contributed by atoms with E-state index in [1.807, 2.05) is 24.8 Å². The first kappa shape index (κ1) is 15.9. The largest absolute Gasteiger partial charge is 0.357 e. The predicted octanol–water partition coefficient (Wildman–Crippen LogP) is 2.68. The van der Waals surface area contributed by atoms with Crippen molar-refractivity contribution in [3.8, 4) is 0 Å². The van der Waals surface area contributed by atoms with E-state index in [2.05, 4.69) is 34.6 Å². The van der Waals surface area contributed by atoms with Crippen LogP contribution in [0, 0.1) is 0 Å². The summed E-state index contributed by atoms with van der Waals surface area (Å²) in [5.74, 6) is 1.18. The van der Waals surface area contributed by atoms with Crippen LogP contribution in [0.5, 0.6) is 0 Å². The number of benzene rings is 1. The van der Waals surface area contributed by atoms with Crippen molar-refractivity contribution in [3.63, 3.8) is 0 Å². The summed E-state index contributed by atoms with van der Waals surface area (Å²) in [6.07, 6.45) is 0.490. The Balaban J connectivity index is 1.80. The first-order valence-corrected chi connectivity index (χ1v) is 8.49. The Kier molecular flexibility index (Phi) is 6.11. The molecule has 0 aliphatic carbocycles. The summed E-state index contributed by atoms with van der Waals surface area (Å²) in [6.45, 7) is 6.12. The summed E-state index contributed by atoms with van der Waals surface area (Å²) in [5.41, 5.74) is 1.29. The van der Waals surface area contributed by atoms with E-state index >= 15 is 0 Å². The lowest BCUT2D eigenvalue weighted by atomic mass is 10.1. The number of rotatable bonds is 6. The van der Waals surface area contributed by atoms with Crippen molar-refractivity contribution in [3.05, 3.63) is 35.9 Å². The fourth-order valence-electron chi connectivity index (χ4n) is 2.34. The molecule has 2 rings (SSSR count). The van der Waals surface area contributed by atoms with E-state index in [9.17, 15) is 4.79 Å². The maximum Gasteiger partial charge on any atom is 0.224 e. The molecule has 1 fully saturated rings. The SMILES string of the molecule is CCN(CC)C(=O)CCN=C1NC(c2ccccc2)CS1. The molecular formula is C16H23N3OS. The van der Waals surface area contributed by atoms with Crippen LogP contribution in [0.25, 0.3) is 0 Å². The van der Waals surface area contributed by atoms with Gasteiger partial charge in [0.2, 0.25) is 5.91 Å². The molecule has 0 saturated carbocycles. The number of carbonyl (C=O) groups excluding carboxylic acids is 1. The maximum absolute atomic E-state index is 11.9. The normalized spacial score (nSPS) is 19.5. The van der Waals surface area contributed by atoms with E-state index in [0.717, 1.165) is 24.0 Å². The Bertz CT molecular complexity index is 486. The summed E-state index contributed by atoms with van der Waals surface area (Å²) < 4.78 is 0. The highest BCUT2D eigenvalue weighted by molar-refractivity contribution is 8.14. The summed E-state index contributed by atoms with van der Waals surface area (Å²) in [7, 11) is 0. The Morgan fingerprint density at radius 1 is 1.33 bits per heavy atom. The van der Waals surface area contributed by atoms with Crippen LogP contribution in [-0.4, -0.2) is 41.4 Å². The number of thioether (sulfide) groups is 1. The van der Waals surface area contributed by atoms with Gasteiger partial charge in [0.15, 0.2) is 5.17 Å². The topological polar surface area (TPSA) is 44.7 Å². The van der Waals surface area contributed by atoms with Crippen LogP contribution in [-0.2, 0) is 4.79 Å². The minimum absolute atomic E-state index is 0.187. The third-order valence-electron chi connectivity index (χ3n) is 3.58. The van der Waals surface area contributed by atoms with Gasteiger partial charge in [-0.15, -0.1) is 0 Å². The quantitative estimate of drug-likeness (QED) is 0.879. The molecule has 1 unspecified atom stereocenters. The van der Waals surface area contributed by atoms with Crippen LogP contribution in [0.4, 0.5) is 0 Å². The van der Waals surface area contributed by atoms with Gasteiger partial charge in [0.05, 0.1) is 12.6 Å². The van der Waals surface area contributed by atoms with Crippen LogP contribution < -0.4 is 5.32 Å². The molecule has 1 aromatic rings. The number of carbonyl (C=O) groups is 1. The number of hydrogen-bond acceptors (Lipinski definition) is 3. The highest BCUT2D eigenvalue weighted by atomic mass is 32.2. The maximum atomic E-state index is 11.9. The molecule has 21 heavy (non-hydrogen) atoms. The average molecular weight is 305 g/mol. The number of aliphatic imine (C=N–C) groups is 1. The van der Waals surface area contributed by atoms with E-state index in [-0.39, 0.29) is 5.91 Å². The Morgan fingerprint density at radius 2 is 2.05 bits per heavy atom. The highest BCUT2D eigenvalue weighted by Crippen LogP contribution is 2.25. The Labute approximate surface area is 131 Å². The molecule has 1 atom stereocenters.